The highest BCUT2D eigenvalue weighted by molar-refractivity contribution is 6.20. The molecule has 0 aliphatic heterocycles. The number of benzene rings is 4. The zero-order valence-electron chi connectivity index (χ0n) is 20.9. The molecule has 2 aliphatic carbocycles. The van der Waals surface area contributed by atoms with Crippen LogP contribution in [0.15, 0.2) is 96.8 Å². The van der Waals surface area contributed by atoms with Crippen molar-refractivity contribution in [3.8, 4) is 17.1 Å². The summed E-state index contributed by atoms with van der Waals surface area (Å²) < 4.78 is 6.36. The van der Waals surface area contributed by atoms with Gasteiger partial charge in [0.15, 0.2) is 0 Å². The van der Waals surface area contributed by atoms with Crippen molar-refractivity contribution in [2.75, 3.05) is 0 Å². The van der Waals surface area contributed by atoms with Gasteiger partial charge in [-0.25, -0.2) is 4.98 Å². The lowest BCUT2D eigenvalue weighted by Gasteiger charge is -2.23. The smallest absolute Gasteiger partial charge is 0.217 e. The first-order chi connectivity index (χ1) is 18.7. The highest BCUT2D eigenvalue weighted by Crippen LogP contribution is 2.39. The van der Waals surface area contributed by atoms with E-state index in [-0.39, 0.29) is 11.9 Å². The first-order valence-corrected chi connectivity index (χ1v) is 13.3. The highest BCUT2D eigenvalue weighted by atomic mass is 16.5. The Morgan fingerprint density at radius 3 is 2.32 bits per heavy atom. The third-order valence-corrected chi connectivity index (χ3v) is 7.87. The molecular weight excluding hydrogens is 472 g/mol. The van der Waals surface area contributed by atoms with Crippen LogP contribution in [0.4, 0.5) is 0 Å². The van der Waals surface area contributed by atoms with E-state index in [1.807, 2.05) is 12.1 Å². The summed E-state index contributed by atoms with van der Waals surface area (Å²) in [6, 6.07) is 25.3. The number of allylic oxidation sites excluding steroid dienone is 2. The second kappa shape index (κ2) is 9.26. The molecule has 2 N–H and O–H groups in total. The van der Waals surface area contributed by atoms with Gasteiger partial charge < -0.3 is 14.9 Å². The maximum Gasteiger partial charge on any atom is 0.217 e. The van der Waals surface area contributed by atoms with Crippen LogP contribution in [0, 0.1) is 0 Å². The van der Waals surface area contributed by atoms with Crippen molar-refractivity contribution in [2.24, 2.45) is 0 Å². The number of aliphatic hydroxyl groups excluding tert-OH is 2. The second-order valence-electron chi connectivity index (χ2n) is 10.3. The Kier molecular flexibility index (Phi) is 5.59. The molecule has 2 atom stereocenters. The minimum absolute atomic E-state index is 0.0401. The molecule has 0 saturated heterocycles. The van der Waals surface area contributed by atoms with E-state index in [2.05, 4.69) is 60.7 Å². The van der Waals surface area contributed by atoms with Gasteiger partial charge in [-0.1, -0.05) is 72.8 Å². The number of hydrogen-bond acceptors (Lipinski definition) is 5. The summed E-state index contributed by atoms with van der Waals surface area (Å²) in [6.07, 6.45) is 8.37. The number of rotatable bonds is 4. The first-order valence-electron chi connectivity index (χ1n) is 13.3. The number of ether oxygens (including phenoxy) is 1. The summed E-state index contributed by atoms with van der Waals surface area (Å²) >= 11 is 0. The van der Waals surface area contributed by atoms with Crippen LogP contribution in [0.2, 0.25) is 0 Å². The Morgan fingerprint density at radius 2 is 1.50 bits per heavy atom. The van der Waals surface area contributed by atoms with Gasteiger partial charge in [0, 0.05) is 11.6 Å². The highest BCUT2D eigenvalue weighted by Gasteiger charge is 2.30. The molecule has 0 spiro atoms. The van der Waals surface area contributed by atoms with E-state index in [0.717, 1.165) is 47.4 Å². The molecule has 4 aromatic carbocycles. The first kappa shape index (κ1) is 22.9. The van der Waals surface area contributed by atoms with Crippen LogP contribution < -0.4 is 4.74 Å². The Balaban J connectivity index is 1.49. The number of aromatic nitrogens is 2. The van der Waals surface area contributed by atoms with Gasteiger partial charge in [0.25, 0.3) is 0 Å². The number of nitrogens with zero attached hydrogens (tertiary/aromatic N) is 2. The zero-order valence-corrected chi connectivity index (χ0v) is 20.9. The Morgan fingerprint density at radius 1 is 0.763 bits per heavy atom. The van der Waals surface area contributed by atoms with Crippen molar-refractivity contribution >= 4 is 32.3 Å². The second-order valence-corrected chi connectivity index (χ2v) is 10.3. The van der Waals surface area contributed by atoms with Gasteiger partial charge in [-0.05, 0) is 70.1 Å². The lowest BCUT2D eigenvalue weighted by atomic mass is 9.92. The van der Waals surface area contributed by atoms with Gasteiger partial charge >= 0.3 is 0 Å². The van der Waals surface area contributed by atoms with Crippen LogP contribution in [0.25, 0.3) is 43.6 Å². The van der Waals surface area contributed by atoms with E-state index in [0.29, 0.717) is 17.4 Å². The van der Waals surface area contributed by atoms with Gasteiger partial charge in [0.1, 0.15) is 23.6 Å². The molecule has 1 saturated carbocycles. The van der Waals surface area contributed by atoms with Crippen molar-refractivity contribution in [1.82, 2.24) is 9.97 Å². The van der Waals surface area contributed by atoms with Gasteiger partial charge in [-0.3, -0.25) is 0 Å². The van der Waals surface area contributed by atoms with Crippen molar-refractivity contribution in [3.63, 3.8) is 0 Å². The summed E-state index contributed by atoms with van der Waals surface area (Å²) in [5.74, 6) is 0.119. The van der Waals surface area contributed by atoms with E-state index in [1.165, 1.54) is 16.2 Å². The summed E-state index contributed by atoms with van der Waals surface area (Å²) in [7, 11) is 0. The minimum Gasteiger partial charge on any atom is -0.511 e. The molecule has 38 heavy (non-hydrogen) atoms. The number of fused-ring (bicyclic) bond motifs is 5. The summed E-state index contributed by atoms with van der Waals surface area (Å²) in [5, 5.41) is 28.4. The molecule has 1 aromatic heterocycles. The molecule has 1 heterocycles. The molecule has 188 valence electrons. The maximum atomic E-state index is 10.8. The average molecular weight is 501 g/mol. The van der Waals surface area contributed by atoms with Crippen LogP contribution in [0.3, 0.4) is 0 Å². The van der Waals surface area contributed by atoms with Crippen molar-refractivity contribution in [3.05, 3.63) is 103 Å². The molecule has 5 heteroatoms. The summed E-state index contributed by atoms with van der Waals surface area (Å²) in [5.41, 5.74) is 1.68. The molecule has 0 radical (unpaired) electrons. The zero-order chi connectivity index (χ0) is 25.6. The van der Waals surface area contributed by atoms with Crippen molar-refractivity contribution in [2.45, 2.75) is 43.8 Å². The Hall–Kier alpha value is -4.22. The summed E-state index contributed by atoms with van der Waals surface area (Å²) in [6.45, 7) is 0. The van der Waals surface area contributed by atoms with E-state index in [9.17, 15) is 10.2 Å². The predicted octanol–water partition coefficient (Wildman–Crippen LogP) is 7.38. The Bertz CT molecular complexity index is 1750. The minimum atomic E-state index is -0.924. The molecule has 5 aromatic rings. The molecule has 7 rings (SSSR count). The van der Waals surface area contributed by atoms with E-state index >= 15 is 0 Å². The molecule has 2 unspecified atom stereocenters. The lowest BCUT2D eigenvalue weighted by Crippen LogP contribution is -2.23. The lowest BCUT2D eigenvalue weighted by molar-refractivity contribution is 0.168. The molecule has 2 aliphatic rings. The van der Waals surface area contributed by atoms with Gasteiger partial charge in [0.2, 0.25) is 5.88 Å². The fourth-order valence-corrected chi connectivity index (χ4v) is 5.97. The van der Waals surface area contributed by atoms with Crippen LogP contribution >= 0.6 is 0 Å². The molecule has 0 amide bonds. The van der Waals surface area contributed by atoms with Gasteiger partial charge in [-0.2, -0.15) is 4.98 Å². The average Bonchev–Trinajstić information content (AvgIpc) is 3.45. The Labute approximate surface area is 220 Å². The molecule has 0 bridgehead atoms. The van der Waals surface area contributed by atoms with Crippen molar-refractivity contribution in [1.29, 1.82) is 0 Å². The van der Waals surface area contributed by atoms with Crippen LogP contribution in [0.5, 0.6) is 5.88 Å². The quantitative estimate of drug-likeness (QED) is 0.252. The monoisotopic (exact) mass is 500 g/mol. The fourth-order valence-electron chi connectivity index (χ4n) is 5.97. The normalized spacial score (nSPS) is 19.9. The summed E-state index contributed by atoms with van der Waals surface area (Å²) in [4.78, 5) is 9.67. The van der Waals surface area contributed by atoms with E-state index in [1.54, 1.807) is 18.2 Å². The van der Waals surface area contributed by atoms with Gasteiger partial charge in [0.05, 0.1) is 11.8 Å². The van der Waals surface area contributed by atoms with E-state index in [4.69, 9.17) is 14.7 Å². The third kappa shape index (κ3) is 3.91. The molecule has 1 fully saturated rings. The standard InChI is InChI=1S/C33H28N2O3/c36-29-14-7-15-30(37)32(29)33-34-28(19-31(35-33)38-21-9-2-3-10-21)27-18-26-22-11-4-1-8-20(22)16-17-25(26)23-12-5-6-13-24(23)27/h1,4-8,11-19,21,29,32,36-37H,2-3,9-10H2. The topological polar surface area (TPSA) is 75.5 Å². The largest absolute Gasteiger partial charge is 0.511 e. The molecule has 5 nitrogen and oxygen atoms in total. The van der Waals surface area contributed by atoms with Crippen LogP contribution in [-0.4, -0.2) is 32.4 Å². The van der Waals surface area contributed by atoms with Crippen LogP contribution in [-0.2, 0) is 0 Å². The third-order valence-electron chi connectivity index (χ3n) is 7.87. The van der Waals surface area contributed by atoms with E-state index < -0.39 is 12.0 Å². The maximum absolute atomic E-state index is 10.8. The molecular formula is C33H28N2O3. The fraction of sp³-hybridized carbons (Fsp3) is 0.212. The number of hydrogen-bond donors (Lipinski definition) is 2. The van der Waals surface area contributed by atoms with Crippen molar-refractivity contribution < 1.29 is 14.9 Å². The van der Waals surface area contributed by atoms with Crippen LogP contribution in [0.1, 0.15) is 37.4 Å². The van der Waals surface area contributed by atoms with Gasteiger partial charge in [-0.15, -0.1) is 0 Å². The number of aliphatic hydroxyl groups is 2. The predicted molar refractivity (Wildman–Crippen MR) is 151 cm³/mol. The SMILES string of the molecule is OC1=CC=CC(O)C1c1nc(OC2CCCC2)cc(-c2cc3c4ccccc4ccc3c3ccccc23)n1.